The fraction of sp³-hybridized carbons (Fsp3) is 0.700. The zero-order valence-electron chi connectivity index (χ0n) is 25.5. The van der Waals surface area contributed by atoms with E-state index in [1.54, 1.807) is 17.1 Å². The molecule has 2 fully saturated rings. The molecule has 1 aliphatic carbocycles. The minimum absolute atomic E-state index is 0.1000. The van der Waals surface area contributed by atoms with Gasteiger partial charge in [-0.25, -0.2) is 4.79 Å². The molecule has 0 radical (unpaired) electrons. The predicted octanol–water partition coefficient (Wildman–Crippen LogP) is 2.69. The number of Topliss-reactive ketones (excluding diaryl/α,β-unsaturated/α-hetero) is 1. The summed E-state index contributed by atoms with van der Waals surface area (Å²) in [5.74, 6) is -2.33. The fourth-order valence-corrected chi connectivity index (χ4v) is 5.48. The Morgan fingerprint density at radius 3 is 2.10 bits per heavy atom. The second kappa shape index (κ2) is 12.6. The molecule has 1 saturated heterocycles. The van der Waals surface area contributed by atoms with Crippen molar-refractivity contribution in [3.8, 4) is 0 Å². The van der Waals surface area contributed by atoms with Crippen LogP contribution in [0.2, 0.25) is 0 Å². The SMILES string of the molecule is C=CCCNC(=O)C(=O)C(CCC=C)NC(=O)[C@@H]1[C@@H]2[C@H](CN1C(=O)[C@@H](NC(=O)NC(C)(C)C)C(C)(C)C)C2(C)C. The van der Waals surface area contributed by atoms with Crippen LogP contribution in [-0.4, -0.2) is 71.2 Å². The Hall–Kier alpha value is -3.17. The van der Waals surface area contributed by atoms with Gasteiger partial charge < -0.3 is 26.2 Å². The summed E-state index contributed by atoms with van der Waals surface area (Å²) in [6.45, 7) is 23.2. The fourth-order valence-electron chi connectivity index (χ4n) is 5.48. The van der Waals surface area contributed by atoms with Crippen LogP contribution < -0.4 is 21.3 Å². The molecule has 40 heavy (non-hydrogen) atoms. The lowest BCUT2D eigenvalue weighted by molar-refractivity contribution is -0.145. The topological polar surface area (TPSA) is 137 Å². The molecular formula is C30H49N5O5. The van der Waals surface area contributed by atoms with Gasteiger partial charge in [0.1, 0.15) is 12.1 Å². The van der Waals surface area contributed by atoms with E-state index < -0.39 is 52.7 Å². The maximum Gasteiger partial charge on any atom is 0.315 e. The Morgan fingerprint density at radius 2 is 1.57 bits per heavy atom. The largest absolute Gasteiger partial charge is 0.349 e. The normalized spacial score (nSPS) is 22.7. The molecule has 0 spiro atoms. The van der Waals surface area contributed by atoms with Crippen molar-refractivity contribution >= 4 is 29.5 Å². The minimum atomic E-state index is -1.05. The third kappa shape index (κ3) is 7.95. The number of fused-ring (bicyclic) bond motifs is 1. The maximum absolute atomic E-state index is 14.0. The van der Waals surface area contributed by atoms with Crippen molar-refractivity contribution in [2.24, 2.45) is 22.7 Å². The van der Waals surface area contributed by atoms with Gasteiger partial charge in [-0.05, 0) is 62.7 Å². The number of ketones is 1. The van der Waals surface area contributed by atoms with Gasteiger partial charge in [0.2, 0.25) is 17.6 Å². The average Bonchev–Trinajstić information content (AvgIpc) is 3.15. The Labute approximate surface area is 239 Å². The maximum atomic E-state index is 14.0. The van der Waals surface area contributed by atoms with Crippen molar-refractivity contribution < 1.29 is 24.0 Å². The van der Waals surface area contributed by atoms with E-state index >= 15 is 0 Å². The molecule has 1 aliphatic heterocycles. The average molecular weight is 560 g/mol. The molecule has 4 N–H and O–H groups in total. The van der Waals surface area contributed by atoms with Crippen molar-refractivity contribution in [2.45, 2.75) is 98.3 Å². The zero-order chi connectivity index (χ0) is 30.6. The van der Waals surface area contributed by atoms with Gasteiger partial charge in [-0.3, -0.25) is 19.2 Å². The molecule has 1 saturated carbocycles. The highest BCUT2D eigenvalue weighted by Crippen LogP contribution is 2.65. The first-order chi connectivity index (χ1) is 18.4. The number of carbonyl (C=O) groups is 5. The molecule has 10 nitrogen and oxygen atoms in total. The van der Waals surface area contributed by atoms with Crippen LogP contribution in [0.4, 0.5) is 4.79 Å². The number of nitrogens with zero attached hydrogens (tertiary/aromatic N) is 1. The van der Waals surface area contributed by atoms with Crippen molar-refractivity contribution in [3.05, 3.63) is 25.3 Å². The third-order valence-electron chi connectivity index (χ3n) is 7.79. The summed E-state index contributed by atoms with van der Waals surface area (Å²) in [5, 5.41) is 11.0. The Morgan fingerprint density at radius 1 is 0.975 bits per heavy atom. The van der Waals surface area contributed by atoms with Gasteiger partial charge in [0.05, 0.1) is 6.04 Å². The lowest BCUT2D eigenvalue weighted by Crippen LogP contribution is -2.62. The summed E-state index contributed by atoms with van der Waals surface area (Å²) in [7, 11) is 0. The van der Waals surface area contributed by atoms with Gasteiger partial charge in [-0.1, -0.05) is 46.8 Å². The van der Waals surface area contributed by atoms with Crippen LogP contribution in [-0.2, 0) is 19.2 Å². The number of rotatable bonds is 12. The van der Waals surface area contributed by atoms with E-state index in [0.717, 1.165) is 0 Å². The predicted molar refractivity (Wildman–Crippen MR) is 155 cm³/mol. The van der Waals surface area contributed by atoms with E-state index in [9.17, 15) is 24.0 Å². The molecule has 2 rings (SSSR count). The third-order valence-corrected chi connectivity index (χ3v) is 7.79. The monoisotopic (exact) mass is 559 g/mol. The van der Waals surface area contributed by atoms with Gasteiger partial charge in [-0.15, -0.1) is 13.2 Å². The van der Waals surface area contributed by atoms with Crippen molar-refractivity contribution in [1.29, 1.82) is 0 Å². The van der Waals surface area contributed by atoms with E-state index in [-0.39, 0.29) is 36.1 Å². The lowest BCUT2D eigenvalue weighted by atomic mass is 9.85. The Bertz CT molecular complexity index is 1020. The quantitative estimate of drug-likeness (QED) is 0.166. The van der Waals surface area contributed by atoms with Crippen molar-refractivity contribution in [1.82, 2.24) is 26.2 Å². The van der Waals surface area contributed by atoms with Crippen LogP contribution in [0, 0.1) is 22.7 Å². The summed E-state index contributed by atoms with van der Waals surface area (Å²) >= 11 is 0. The molecule has 0 aromatic heterocycles. The highest BCUT2D eigenvalue weighted by molar-refractivity contribution is 6.38. The van der Waals surface area contributed by atoms with Crippen LogP contribution in [0.15, 0.2) is 25.3 Å². The lowest BCUT2D eigenvalue weighted by Gasteiger charge is -2.38. The number of hydrogen-bond donors (Lipinski definition) is 4. The second-order valence-corrected chi connectivity index (χ2v) is 13.7. The molecule has 1 unspecified atom stereocenters. The molecule has 5 amide bonds. The molecule has 2 aliphatic rings. The molecule has 224 valence electrons. The van der Waals surface area contributed by atoms with Crippen molar-refractivity contribution in [3.63, 3.8) is 0 Å². The zero-order valence-corrected chi connectivity index (χ0v) is 25.5. The van der Waals surface area contributed by atoms with E-state index in [1.165, 1.54) is 0 Å². The number of piperidine rings is 1. The standard InChI is InChI=1S/C30H49N5O5/c1-11-13-15-19(22(36)25(38)31-16-14-12-2)32-24(37)21-20-18(30(20,9)10)17-35(21)26(39)23(28(3,4)5)33-27(40)34-29(6,7)8/h11-12,18-21,23H,1-2,13-17H2,3-10H3,(H,31,38)(H,32,37)(H2,33,34,40)/t18-,19?,20-,21-,23+/m0/s1. The van der Waals surface area contributed by atoms with E-state index in [0.29, 0.717) is 19.4 Å². The summed E-state index contributed by atoms with van der Waals surface area (Å²) < 4.78 is 0. The first-order valence-corrected chi connectivity index (χ1v) is 14.1. The molecule has 10 heteroatoms. The number of carbonyl (C=O) groups excluding carboxylic acids is 5. The van der Waals surface area contributed by atoms with Crippen molar-refractivity contribution in [2.75, 3.05) is 13.1 Å². The summed E-state index contributed by atoms with van der Waals surface area (Å²) in [6, 6.07) is -3.24. The number of nitrogens with one attached hydrogen (secondary N) is 4. The molecule has 0 aromatic carbocycles. The first-order valence-electron chi connectivity index (χ1n) is 14.1. The molecular weight excluding hydrogens is 510 g/mol. The van der Waals surface area contributed by atoms with Crippen LogP contribution in [0.5, 0.6) is 0 Å². The van der Waals surface area contributed by atoms with Gasteiger partial charge in [-0.2, -0.15) is 0 Å². The van der Waals surface area contributed by atoms with Gasteiger partial charge >= 0.3 is 6.03 Å². The number of amides is 5. The Kier molecular flexibility index (Phi) is 10.4. The van der Waals surface area contributed by atoms with E-state index in [4.69, 9.17) is 0 Å². The van der Waals surface area contributed by atoms with E-state index in [1.807, 2.05) is 41.5 Å². The van der Waals surface area contributed by atoms with E-state index in [2.05, 4.69) is 48.3 Å². The van der Waals surface area contributed by atoms with Crippen LogP contribution in [0.1, 0.15) is 74.7 Å². The van der Waals surface area contributed by atoms with Crippen LogP contribution >= 0.6 is 0 Å². The number of hydrogen-bond acceptors (Lipinski definition) is 5. The number of likely N-dealkylation sites (tertiary alicyclic amines) is 1. The van der Waals surface area contributed by atoms with Gasteiger partial charge in [0.25, 0.3) is 5.91 Å². The summed E-state index contributed by atoms with van der Waals surface area (Å²) in [6.07, 6.45) is 4.39. The van der Waals surface area contributed by atoms with Gasteiger partial charge in [0.15, 0.2) is 0 Å². The molecule has 0 aromatic rings. The summed E-state index contributed by atoms with van der Waals surface area (Å²) in [5.41, 5.74) is -1.29. The first kappa shape index (κ1) is 33.0. The van der Waals surface area contributed by atoms with Crippen LogP contribution in [0.3, 0.4) is 0 Å². The molecule has 0 bridgehead atoms. The number of urea groups is 1. The highest BCUT2D eigenvalue weighted by Gasteiger charge is 2.69. The second-order valence-electron chi connectivity index (χ2n) is 13.7. The van der Waals surface area contributed by atoms with Gasteiger partial charge in [0, 0.05) is 18.6 Å². The number of allylic oxidation sites excluding steroid dienone is 1. The Balaban J connectivity index is 2.30. The molecule has 1 heterocycles. The molecule has 5 atom stereocenters. The smallest absolute Gasteiger partial charge is 0.315 e. The summed E-state index contributed by atoms with van der Waals surface area (Å²) in [4.78, 5) is 67.5. The van der Waals surface area contributed by atoms with Crippen LogP contribution in [0.25, 0.3) is 0 Å². The highest BCUT2D eigenvalue weighted by atomic mass is 16.2. The minimum Gasteiger partial charge on any atom is -0.349 e.